The highest BCUT2D eigenvalue weighted by molar-refractivity contribution is 6.25. The minimum absolute atomic E-state index is 0.284. The topological polar surface area (TPSA) is 13.1 Å². The van der Waals surface area contributed by atoms with Crippen LogP contribution in [0.3, 0.4) is 0 Å². The number of fused-ring (bicyclic) bond motifs is 8. The number of hydrogen-bond acceptors (Lipinski definition) is 1. The summed E-state index contributed by atoms with van der Waals surface area (Å²) in [4.78, 5) is 2.31. The maximum absolute atomic E-state index is 2.44. The van der Waals surface area contributed by atoms with Crippen molar-refractivity contribution in [3.05, 3.63) is 271 Å². The molecular formula is C70H55N3. The molecule has 73 heavy (non-hydrogen) atoms. The molecule has 2 atom stereocenters. The lowest BCUT2D eigenvalue weighted by molar-refractivity contribution is 0.574. The smallest absolute Gasteiger partial charge is 0.0562 e. The average Bonchev–Trinajstić information content (AvgIpc) is 3.97. The number of aromatic nitrogens is 2. The maximum Gasteiger partial charge on any atom is 0.0562 e. The van der Waals surface area contributed by atoms with Crippen LogP contribution < -0.4 is 4.90 Å². The molecule has 2 heterocycles. The van der Waals surface area contributed by atoms with E-state index < -0.39 is 0 Å². The van der Waals surface area contributed by atoms with Crippen molar-refractivity contribution < 1.29 is 0 Å². The van der Waals surface area contributed by atoms with Gasteiger partial charge < -0.3 is 14.0 Å². The molecule has 0 spiro atoms. The third-order valence-electron chi connectivity index (χ3n) is 15.7. The number of rotatable bonds is 11. The van der Waals surface area contributed by atoms with Gasteiger partial charge >= 0.3 is 0 Å². The first-order chi connectivity index (χ1) is 36.0. The van der Waals surface area contributed by atoms with Crippen LogP contribution in [0.5, 0.6) is 0 Å². The van der Waals surface area contributed by atoms with Crippen molar-refractivity contribution in [2.45, 2.75) is 25.2 Å². The molecule has 2 unspecified atom stereocenters. The Morgan fingerprint density at radius 3 is 1.66 bits per heavy atom. The van der Waals surface area contributed by atoms with Gasteiger partial charge in [-0.1, -0.05) is 195 Å². The number of para-hydroxylation sites is 2. The van der Waals surface area contributed by atoms with E-state index in [4.69, 9.17) is 0 Å². The highest BCUT2D eigenvalue weighted by atomic mass is 15.1. The van der Waals surface area contributed by atoms with Crippen molar-refractivity contribution in [3.8, 4) is 39.1 Å². The van der Waals surface area contributed by atoms with Crippen LogP contribution in [0.15, 0.2) is 255 Å². The molecule has 0 aliphatic carbocycles. The molecule has 2 aromatic heterocycles. The number of benzene rings is 11. The lowest BCUT2D eigenvalue weighted by Gasteiger charge is -2.26. The van der Waals surface area contributed by atoms with Gasteiger partial charge in [-0.15, -0.1) is 0 Å². The molecule has 13 rings (SSSR count). The first-order valence-corrected chi connectivity index (χ1v) is 25.6. The molecule has 0 fully saturated rings. The summed E-state index contributed by atoms with van der Waals surface area (Å²) in [5.41, 5.74) is 19.8. The standard InChI is InChI=1S/C70H55N3/c1-47(48-18-6-4-7-19-48)62(46-57-25-16-31-64-68(57)61-29-12-13-30-63(61)72(64)3)52-36-34-49(35-37-52)53-21-14-23-55(44-53)56-24-15-22-54(45-56)50-38-41-59(42-39-50)73-66-33-17-32-65(71(2)58-26-8-5-9-27-58)70(66)69-60-28-11-10-20-51(60)40-43-67(69)73/h4-45,47,62H,46H2,1-3H3. The number of nitrogens with zero attached hydrogens (tertiary/aromatic N) is 3. The molecule has 0 saturated heterocycles. The predicted molar refractivity (Wildman–Crippen MR) is 311 cm³/mol. The van der Waals surface area contributed by atoms with Crippen LogP contribution in [0, 0.1) is 0 Å². The summed E-state index contributed by atoms with van der Waals surface area (Å²) in [7, 11) is 4.37. The van der Waals surface area contributed by atoms with Gasteiger partial charge in [-0.3, -0.25) is 0 Å². The zero-order valence-electron chi connectivity index (χ0n) is 41.5. The molecule has 0 saturated carbocycles. The average molecular weight is 938 g/mol. The van der Waals surface area contributed by atoms with Crippen molar-refractivity contribution in [2.75, 3.05) is 11.9 Å². The summed E-state index contributed by atoms with van der Waals surface area (Å²) in [6.45, 7) is 2.40. The summed E-state index contributed by atoms with van der Waals surface area (Å²) in [6.07, 6.45) is 0.945. The summed E-state index contributed by atoms with van der Waals surface area (Å²) in [6, 6.07) is 93.9. The molecule has 13 aromatic rings. The molecule has 0 radical (unpaired) electrons. The molecular weight excluding hydrogens is 883 g/mol. The highest BCUT2D eigenvalue weighted by Crippen LogP contribution is 2.44. The first-order valence-electron chi connectivity index (χ1n) is 25.6. The van der Waals surface area contributed by atoms with E-state index in [1.165, 1.54) is 110 Å². The molecule has 0 N–H and O–H groups in total. The number of aryl methyl sites for hydroxylation is 1. The minimum atomic E-state index is 0.284. The van der Waals surface area contributed by atoms with Gasteiger partial charge in [-0.2, -0.15) is 0 Å². The fourth-order valence-electron chi connectivity index (χ4n) is 11.9. The summed E-state index contributed by atoms with van der Waals surface area (Å²) in [5.74, 6) is 0.602. The van der Waals surface area contributed by atoms with Crippen LogP contribution in [0.25, 0.3) is 93.5 Å². The lowest BCUT2D eigenvalue weighted by atomic mass is 9.78. The molecule has 0 amide bonds. The van der Waals surface area contributed by atoms with Gasteiger partial charge in [0.15, 0.2) is 0 Å². The van der Waals surface area contributed by atoms with Gasteiger partial charge in [0.05, 0.1) is 16.7 Å². The Balaban J connectivity index is 0.810. The van der Waals surface area contributed by atoms with Gasteiger partial charge in [0.1, 0.15) is 0 Å². The van der Waals surface area contributed by atoms with E-state index in [1.54, 1.807) is 0 Å². The van der Waals surface area contributed by atoms with E-state index in [0.717, 1.165) is 17.8 Å². The second-order valence-corrected chi connectivity index (χ2v) is 19.8. The fraction of sp³-hybridized carbons (Fsp3) is 0.0857. The van der Waals surface area contributed by atoms with Crippen LogP contribution in [-0.2, 0) is 13.5 Å². The monoisotopic (exact) mass is 937 g/mol. The molecule has 11 aromatic carbocycles. The van der Waals surface area contributed by atoms with Gasteiger partial charge in [0.25, 0.3) is 0 Å². The Morgan fingerprint density at radius 2 is 0.945 bits per heavy atom. The Hall–Kier alpha value is -8.92. The van der Waals surface area contributed by atoms with Crippen molar-refractivity contribution in [1.29, 1.82) is 0 Å². The van der Waals surface area contributed by atoms with Crippen LogP contribution in [0.2, 0.25) is 0 Å². The van der Waals surface area contributed by atoms with Crippen LogP contribution in [-0.4, -0.2) is 16.2 Å². The number of hydrogen-bond donors (Lipinski definition) is 0. The Kier molecular flexibility index (Phi) is 11.1. The van der Waals surface area contributed by atoms with E-state index in [-0.39, 0.29) is 5.92 Å². The lowest BCUT2D eigenvalue weighted by Crippen LogP contribution is -2.12. The quantitative estimate of drug-likeness (QED) is 0.126. The third kappa shape index (κ3) is 7.77. The van der Waals surface area contributed by atoms with Crippen molar-refractivity contribution >= 4 is 65.8 Å². The molecule has 0 aliphatic rings. The van der Waals surface area contributed by atoms with E-state index in [2.05, 4.69) is 290 Å². The van der Waals surface area contributed by atoms with E-state index in [1.807, 2.05) is 0 Å². The molecule has 0 aliphatic heterocycles. The molecule has 3 nitrogen and oxygen atoms in total. The Labute approximate surface area is 427 Å². The van der Waals surface area contributed by atoms with Crippen molar-refractivity contribution in [2.24, 2.45) is 7.05 Å². The van der Waals surface area contributed by atoms with E-state index >= 15 is 0 Å². The summed E-state index contributed by atoms with van der Waals surface area (Å²) >= 11 is 0. The summed E-state index contributed by atoms with van der Waals surface area (Å²) < 4.78 is 4.78. The molecule has 0 bridgehead atoms. The van der Waals surface area contributed by atoms with Gasteiger partial charge in [0, 0.05) is 58.0 Å². The minimum Gasteiger partial charge on any atom is -0.344 e. The van der Waals surface area contributed by atoms with Crippen LogP contribution in [0.1, 0.15) is 35.4 Å². The zero-order valence-corrected chi connectivity index (χ0v) is 41.5. The summed E-state index contributed by atoms with van der Waals surface area (Å²) in [5, 5.41) is 7.72. The van der Waals surface area contributed by atoms with Gasteiger partial charge in [-0.05, 0) is 146 Å². The second kappa shape index (κ2) is 18.4. The van der Waals surface area contributed by atoms with Gasteiger partial charge in [0.2, 0.25) is 0 Å². The van der Waals surface area contributed by atoms with E-state index in [9.17, 15) is 0 Å². The van der Waals surface area contributed by atoms with Crippen molar-refractivity contribution in [1.82, 2.24) is 9.13 Å². The largest absolute Gasteiger partial charge is 0.344 e. The van der Waals surface area contributed by atoms with E-state index in [0.29, 0.717) is 5.92 Å². The first kappa shape index (κ1) is 44.1. The number of anilines is 2. The fourth-order valence-corrected chi connectivity index (χ4v) is 11.9. The van der Waals surface area contributed by atoms with Crippen LogP contribution >= 0.6 is 0 Å². The molecule has 350 valence electrons. The SMILES string of the molecule is CC(c1ccccc1)C(Cc1cccc2c1c1ccccc1n2C)c1ccc(-c2cccc(-c3cccc(-c4ccc(-n5c6cccc(N(C)c7ccccc7)c6c6c7ccccc7ccc65)cc4)c3)c2)cc1. The van der Waals surface area contributed by atoms with Crippen molar-refractivity contribution in [3.63, 3.8) is 0 Å². The van der Waals surface area contributed by atoms with Gasteiger partial charge in [-0.25, -0.2) is 0 Å². The zero-order chi connectivity index (χ0) is 49.0. The Bertz CT molecular complexity index is 4140. The third-order valence-corrected chi connectivity index (χ3v) is 15.7. The van der Waals surface area contributed by atoms with Crippen LogP contribution in [0.4, 0.5) is 11.4 Å². The predicted octanol–water partition coefficient (Wildman–Crippen LogP) is 18.5. The molecule has 3 heteroatoms. The normalized spacial score (nSPS) is 12.5. The highest BCUT2D eigenvalue weighted by Gasteiger charge is 2.25. The second-order valence-electron chi connectivity index (χ2n) is 19.8. The Morgan fingerprint density at radius 1 is 0.397 bits per heavy atom. The maximum atomic E-state index is 2.44.